The summed E-state index contributed by atoms with van der Waals surface area (Å²) in [4.78, 5) is 11.6. The number of ketones is 1. The maximum atomic E-state index is 11.6. The first kappa shape index (κ1) is 11.0. The highest BCUT2D eigenvalue weighted by molar-refractivity contribution is 5.95. The van der Waals surface area contributed by atoms with Crippen LogP contribution in [0.3, 0.4) is 0 Å². The lowest BCUT2D eigenvalue weighted by Crippen LogP contribution is -2.09. The van der Waals surface area contributed by atoms with Gasteiger partial charge in [-0.25, -0.2) is 0 Å². The maximum absolute atomic E-state index is 11.6. The minimum absolute atomic E-state index is 0.0320. The zero-order valence-electron chi connectivity index (χ0n) is 9.16. The number of Topliss-reactive ketones (excluding diaryl/α,β-unsaturated/α-hetero) is 1. The minimum Gasteiger partial charge on any atom is -0.292 e. The van der Waals surface area contributed by atoms with Crippen LogP contribution in [0.1, 0.15) is 44.1 Å². The van der Waals surface area contributed by atoms with Crippen molar-refractivity contribution in [2.24, 2.45) is 5.92 Å². The van der Waals surface area contributed by atoms with Gasteiger partial charge in [-0.15, -0.1) is 0 Å². The average molecular weight is 194 g/mol. The van der Waals surface area contributed by atoms with Crippen LogP contribution in [0.2, 0.25) is 0 Å². The Bertz CT molecular complexity index is 302. The van der Waals surface area contributed by atoms with E-state index in [4.69, 9.17) is 0 Å². The summed E-state index contributed by atoms with van der Waals surface area (Å²) in [5.41, 5.74) is 0.594. The molecule has 0 radical (unpaired) electrons. The van der Waals surface area contributed by atoms with Gasteiger partial charge in [0.25, 0.3) is 0 Å². The number of hydrogen-bond donors (Lipinski definition) is 0. The monoisotopic (exact) mass is 194 g/mol. The summed E-state index contributed by atoms with van der Waals surface area (Å²) >= 11 is 0. The Labute approximate surface area is 85.1 Å². The summed E-state index contributed by atoms with van der Waals surface area (Å²) in [6.07, 6.45) is 4.13. The molecule has 0 atom stereocenters. The van der Waals surface area contributed by atoms with Crippen LogP contribution in [0.4, 0.5) is 0 Å². The number of unbranched alkanes of at least 4 members (excludes halogenated alkanes) is 1. The second kappa shape index (κ2) is 4.94. The Morgan fingerprint density at radius 2 is 2.29 bits per heavy atom. The van der Waals surface area contributed by atoms with Gasteiger partial charge >= 0.3 is 0 Å². The summed E-state index contributed by atoms with van der Waals surface area (Å²) < 4.78 is 1.85. The second-order valence-corrected chi connectivity index (χ2v) is 3.84. The predicted octanol–water partition coefficient (Wildman–Crippen LogP) is 2.52. The molecule has 14 heavy (non-hydrogen) atoms. The summed E-state index contributed by atoms with van der Waals surface area (Å²) in [7, 11) is 0. The van der Waals surface area contributed by atoms with Gasteiger partial charge in [-0.3, -0.25) is 9.48 Å². The van der Waals surface area contributed by atoms with Gasteiger partial charge in [0.1, 0.15) is 5.69 Å². The first-order valence-corrected chi connectivity index (χ1v) is 5.22. The molecule has 0 spiro atoms. The average Bonchev–Trinajstić information content (AvgIpc) is 2.61. The molecule has 0 aliphatic carbocycles. The number of aromatic nitrogens is 2. The molecule has 1 aromatic rings. The second-order valence-electron chi connectivity index (χ2n) is 3.84. The highest BCUT2D eigenvalue weighted by Crippen LogP contribution is 2.06. The standard InChI is InChI=1S/C11H18N2O/c1-4-5-7-13-8-6-10(12-13)11(14)9(2)3/h6,8-9H,4-5,7H2,1-3H3. The number of nitrogens with zero attached hydrogens (tertiary/aromatic N) is 2. The van der Waals surface area contributed by atoms with Crippen LogP contribution >= 0.6 is 0 Å². The Balaban J connectivity index is 2.63. The predicted molar refractivity (Wildman–Crippen MR) is 56.3 cm³/mol. The van der Waals surface area contributed by atoms with Crippen molar-refractivity contribution in [1.29, 1.82) is 0 Å². The van der Waals surface area contributed by atoms with Gasteiger partial charge in [-0.1, -0.05) is 27.2 Å². The van der Waals surface area contributed by atoms with E-state index >= 15 is 0 Å². The van der Waals surface area contributed by atoms with Crippen LogP contribution in [0.5, 0.6) is 0 Å². The Morgan fingerprint density at radius 3 is 2.86 bits per heavy atom. The van der Waals surface area contributed by atoms with E-state index in [1.54, 1.807) is 6.07 Å². The number of hydrogen-bond acceptors (Lipinski definition) is 2. The van der Waals surface area contributed by atoms with Gasteiger partial charge in [-0.05, 0) is 12.5 Å². The highest BCUT2D eigenvalue weighted by Gasteiger charge is 2.12. The summed E-state index contributed by atoms with van der Waals surface area (Å²) in [6, 6.07) is 1.80. The summed E-state index contributed by atoms with van der Waals surface area (Å²) in [5, 5.41) is 4.24. The highest BCUT2D eigenvalue weighted by atomic mass is 16.1. The molecule has 0 aromatic carbocycles. The van der Waals surface area contributed by atoms with Crippen molar-refractivity contribution in [3.8, 4) is 0 Å². The van der Waals surface area contributed by atoms with E-state index in [-0.39, 0.29) is 11.7 Å². The largest absolute Gasteiger partial charge is 0.292 e. The number of carbonyl (C=O) groups is 1. The van der Waals surface area contributed by atoms with Crippen LogP contribution < -0.4 is 0 Å². The summed E-state index contributed by atoms with van der Waals surface area (Å²) in [6.45, 7) is 6.84. The fraction of sp³-hybridized carbons (Fsp3) is 0.636. The van der Waals surface area contributed by atoms with Crippen LogP contribution in [0, 0.1) is 5.92 Å². The fourth-order valence-electron chi connectivity index (χ4n) is 1.23. The zero-order valence-corrected chi connectivity index (χ0v) is 9.16. The van der Waals surface area contributed by atoms with Crippen LogP contribution in [-0.4, -0.2) is 15.6 Å². The molecule has 0 saturated heterocycles. The molecule has 0 amide bonds. The van der Waals surface area contributed by atoms with Crippen LogP contribution in [0.15, 0.2) is 12.3 Å². The molecule has 1 heterocycles. The molecule has 3 nitrogen and oxygen atoms in total. The molecule has 1 rings (SSSR count). The normalized spacial score (nSPS) is 10.9. The minimum atomic E-state index is 0.0320. The molecule has 0 fully saturated rings. The number of rotatable bonds is 5. The van der Waals surface area contributed by atoms with E-state index in [1.165, 1.54) is 0 Å². The van der Waals surface area contributed by atoms with Crippen molar-refractivity contribution in [1.82, 2.24) is 9.78 Å². The van der Waals surface area contributed by atoms with E-state index in [9.17, 15) is 4.79 Å². The van der Waals surface area contributed by atoms with Gasteiger partial charge in [0.15, 0.2) is 5.78 Å². The molecular formula is C11H18N2O. The first-order valence-electron chi connectivity index (χ1n) is 5.22. The molecule has 3 heteroatoms. The third-order valence-corrected chi connectivity index (χ3v) is 2.16. The number of aryl methyl sites for hydroxylation is 1. The number of carbonyl (C=O) groups excluding carboxylic acids is 1. The maximum Gasteiger partial charge on any atom is 0.185 e. The van der Waals surface area contributed by atoms with Crippen molar-refractivity contribution in [3.63, 3.8) is 0 Å². The van der Waals surface area contributed by atoms with E-state index in [0.29, 0.717) is 5.69 Å². The third kappa shape index (κ3) is 2.69. The summed E-state index contributed by atoms with van der Waals surface area (Å²) in [5.74, 6) is 0.157. The van der Waals surface area contributed by atoms with Crippen LogP contribution in [-0.2, 0) is 6.54 Å². The molecule has 0 aliphatic heterocycles. The molecule has 0 N–H and O–H groups in total. The zero-order chi connectivity index (χ0) is 10.6. The van der Waals surface area contributed by atoms with E-state index in [0.717, 1.165) is 19.4 Å². The lowest BCUT2D eigenvalue weighted by molar-refractivity contribution is 0.0933. The fourth-order valence-corrected chi connectivity index (χ4v) is 1.23. The smallest absolute Gasteiger partial charge is 0.185 e. The van der Waals surface area contributed by atoms with Crippen molar-refractivity contribution in [2.75, 3.05) is 0 Å². The SMILES string of the molecule is CCCCn1ccc(C(=O)C(C)C)n1. The lowest BCUT2D eigenvalue weighted by atomic mass is 10.1. The quantitative estimate of drug-likeness (QED) is 0.675. The molecular weight excluding hydrogens is 176 g/mol. The van der Waals surface area contributed by atoms with Gasteiger partial charge < -0.3 is 0 Å². The van der Waals surface area contributed by atoms with Gasteiger partial charge in [0, 0.05) is 18.7 Å². The van der Waals surface area contributed by atoms with E-state index < -0.39 is 0 Å². The molecule has 0 aliphatic rings. The van der Waals surface area contributed by atoms with Crippen molar-refractivity contribution in [2.45, 2.75) is 40.2 Å². The Hall–Kier alpha value is -1.12. The van der Waals surface area contributed by atoms with Gasteiger partial charge in [-0.2, -0.15) is 5.10 Å². The lowest BCUT2D eigenvalue weighted by Gasteiger charge is -2.00. The van der Waals surface area contributed by atoms with Crippen molar-refractivity contribution in [3.05, 3.63) is 18.0 Å². The van der Waals surface area contributed by atoms with Gasteiger partial charge in [0.05, 0.1) is 0 Å². The van der Waals surface area contributed by atoms with Crippen molar-refractivity contribution < 1.29 is 4.79 Å². The van der Waals surface area contributed by atoms with Crippen molar-refractivity contribution >= 4 is 5.78 Å². The van der Waals surface area contributed by atoms with Crippen LogP contribution in [0.25, 0.3) is 0 Å². The van der Waals surface area contributed by atoms with Gasteiger partial charge in [0.2, 0.25) is 0 Å². The topological polar surface area (TPSA) is 34.9 Å². The van der Waals surface area contributed by atoms with E-state index in [1.807, 2.05) is 24.7 Å². The first-order chi connectivity index (χ1) is 6.65. The molecule has 0 unspecified atom stereocenters. The Kier molecular flexibility index (Phi) is 3.86. The molecule has 1 aromatic heterocycles. The molecule has 0 bridgehead atoms. The molecule has 0 saturated carbocycles. The molecule has 78 valence electrons. The Morgan fingerprint density at radius 1 is 1.57 bits per heavy atom. The third-order valence-electron chi connectivity index (χ3n) is 2.16. The van der Waals surface area contributed by atoms with E-state index in [2.05, 4.69) is 12.0 Å².